The summed E-state index contributed by atoms with van der Waals surface area (Å²) >= 11 is 1.31. The summed E-state index contributed by atoms with van der Waals surface area (Å²) in [6.07, 6.45) is 1.24. The van der Waals surface area contributed by atoms with E-state index in [1.165, 1.54) is 23.5 Å². The molecule has 1 amide bonds. The van der Waals surface area contributed by atoms with Crippen LogP contribution in [-0.2, 0) is 0 Å². The molecular weight excluding hydrogens is 491 g/mol. The Hall–Kier alpha value is -4.24. The molecule has 2 heterocycles. The summed E-state index contributed by atoms with van der Waals surface area (Å²) in [7, 11) is 1.61. The molecule has 0 bridgehead atoms. The van der Waals surface area contributed by atoms with E-state index in [0.717, 1.165) is 22.2 Å². The van der Waals surface area contributed by atoms with Crippen LogP contribution in [0.2, 0.25) is 0 Å². The standard InChI is InChI=1S/C28H25FN4O3S/c1-17(32-28(34)27-18(2)30-16-37-27)26(19-5-4-6-23(13-19)35-3)36-24-11-12-25-20(14-24)15-31-33(25)22-9-7-21(29)8-10-22/h4-17,26H,1-3H3,(H,32,34). The molecule has 188 valence electrons. The average molecular weight is 517 g/mol. The van der Waals surface area contributed by atoms with Gasteiger partial charge < -0.3 is 14.8 Å². The number of carbonyl (C=O) groups is 1. The Morgan fingerprint density at radius 3 is 2.62 bits per heavy atom. The predicted octanol–water partition coefficient (Wildman–Crippen LogP) is 5.88. The van der Waals surface area contributed by atoms with E-state index < -0.39 is 6.10 Å². The number of amides is 1. The maximum absolute atomic E-state index is 13.4. The van der Waals surface area contributed by atoms with Crippen molar-refractivity contribution in [2.75, 3.05) is 7.11 Å². The Morgan fingerprint density at radius 1 is 1.08 bits per heavy atom. The van der Waals surface area contributed by atoms with Gasteiger partial charge in [-0.25, -0.2) is 14.1 Å². The summed E-state index contributed by atoms with van der Waals surface area (Å²) in [4.78, 5) is 17.7. The highest BCUT2D eigenvalue weighted by molar-refractivity contribution is 7.11. The van der Waals surface area contributed by atoms with Gasteiger partial charge in [0.05, 0.1) is 41.8 Å². The van der Waals surface area contributed by atoms with Crippen molar-refractivity contribution in [3.8, 4) is 17.2 Å². The van der Waals surface area contributed by atoms with E-state index in [1.807, 2.05) is 56.3 Å². The van der Waals surface area contributed by atoms with Crippen molar-refractivity contribution in [3.63, 3.8) is 0 Å². The third-order valence-electron chi connectivity index (χ3n) is 6.06. The number of thiazole rings is 1. The predicted molar refractivity (Wildman–Crippen MR) is 141 cm³/mol. The zero-order valence-corrected chi connectivity index (χ0v) is 21.3. The molecule has 0 aliphatic heterocycles. The fourth-order valence-corrected chi connectivity index (χ4v) is 4.87. The van der Waals surface area contributed by atoms with E-state index in [0.29, 0.717) is 22.1 Å². The molecule has 5 aromatic rings. The van der Waals surface area contributed by atoms with Gasteiger partial charge in [0.2, 0.25) is 0 Å². The van der Waals surface area contributed by atoms with Crippen LogP contribution >= 0.6 is 11.3 Å². The van der Waals surface area contributed by atoms with Crippen LogP contribution < -0.4 is 14.8 Å². The first-order valence-electron chi connectivity index (χ1n) is 11.7. The number of halogens is 1. The molecule has 0 radical (unpaired) electrons. The first kappa shape index (κ1) is 24.5. The number of methoxy groups -OCH3 is 1. The lowest BCUT2D eigenvalue weighted by Gasteiger charge is -2.27. The van der Waals surface area contributed by atoms with Gasteiger partial charge >= 0.3 is 0 Å². The highest BCUT2D eigenvalue weighted by Gasteiger charge is 2.25. The van der Waals surface area contributed by atoms with E-state index in [-0.39, 0.29) is 17.8 Å². The van der Waals surface area contributed by atoms with Crippen molar-refractivity contribution < 1.29 is 18.7 Å². The molecule has 0 fully saturated rings. The summed E-state index contributed by atoms with van der Waals surface area (Å²) < 4.78 is 27.0. The number of hydrogen-bond donors (Lipinski definition) is 1. The molecular formula is C28H25FN4O3S. The lowest BCUT2D eigenvalue weighted by molar-refractivity contribution is 0.0885. The number of ether oxygens (including phenoxy) is 2. The van der Waals surface area contributed by atoms with E-state index in [9.17, 15) is 9.18 Å². The molecule has 7 nitrogen and oxygen atoms in total. The Morgan fingerprint density at radius 2 is 1.89 bits per heavy atom. The normalized spacial score (nSPS) is 12.8. The quantitative estimate of drug-likeness (QED) is 0.279. The van der Waals surface area contributed by atoms with Crippen molar-refractivity contribution in [2.24, 2.45) is 0 Å². The van der Waals surface area contributed by atoms with Gasteiger partial charge in [0.25, 0.3) is 5.91 Å². The molecule has 3 aromatic carbocycles. The van der Waals surface area contributed by atoms with Gasteiger partial charge in [-0.1, -0.05) is 12.1 Å². The van der Waals surface area contributed by atoms with Crippen LogP contribution in [0, 0.1) is 12.7 Å². The maximum atomic E-state index is 13.4. The topological polar surface area (TPSA) is 78.3 Å². The number of aromatic nitrogens is 3. The van der Waals surface area contributed by atoms with E-state index >= 15 is 0 Å². The lowest BCUT2D eigenvalue weighted by atomic mass is 10.0. The number of aryl methyl sites for hydroxylation is 1. The first-order valence-corrected chi connectivity index (χ1v) is 12.6. The summed E-state index contributed by atoms with van der Waals surface area (Å²) in [5.74, 6) is 0.819. The van der Waals surface area contributed by atoms with E-state index in [4.69, 9.17) is 9.47 Å². The molecule has 0 saturated carbocycles. The lowest BCUT2D eigenvalue weighted by Crippen LogP contribution is -2.39. The molecule has 5 rings (SSSR count). The summed E-state index contributed by atoms with van der Waals surface area (Å²) in [6.45, 7) is 3.72. The zero-order chi connectivity index (χ0) is 25.9. The number of hydrogen-bond acceptors (Lipinski definition) is 6. The molecule has 0 spiro atoms. The summed E-state index contributed by atoms with van der Waals surface area (Å²) in [5.41, 5.74) is 4.83. The number of nitrogens with one attached hydrogen (secondary N) is 1. The minimum Gasteiger partial charge on any atom is -0.497 e. The minimum absolute atomic E-state index is 0.194. The second-order valence-corrected chi connectivity index (χ2v) is 9.45. The Balaban J connectivity index is 1.45. The molecule has 9 heteroatoms. The number of nitrogens with zero attached hydrogens (tertiary/aromatic N) is 3. The van der Waals surface area contributed by atoms with Crippen molar-refractivity contribution in [1.82, 2.24) is 20.1 Å². The van der Waals surface area contributed by atoms with Gasteiger partial charge in [0.1, 0.15) is 28.3 Å². The van der Waals surface area contributed by atoms with Crippen LogP contribution in [0.25, 0.3) is 16.6 Å². The van der Waals surface area contributed by atoms with Gasteiger partial charge in [-0.15, -0.1) is 11.3 Å². The molecule has 0 aliphatic carbocycles. The van der Waals surface area contributed by atoms with Crippen LogP contribution in [0.1, 0.15) is 34.0 Å². The Kier molecular flexibility index (Phi) is 6.87. The average Bonchev–Trinajstić information content (AvgIpc) is 3.53. The first-order chi connectivity index (χ1) is 17.9. The van der Waals surface area contributed by atoms with Crippen LogP contribution in [0.4, 0.5) is 4.39 Å². The highest BCUT2D eigenvalue weighted by Crippen LogP contribution is 2.30. The van der Waals surface area contributed by atoms with E-state index in [1.54, 1.807) is 35.6 Å². The largest absolute Gasteiger partial charge is 0.497 e. The number of rotatable bonds is 8. The number of benzene rings is 3. The molecule has 2 unspecified atom stereocenters. The summed E-state index contributed by atoms with van der Waals surface area (Å²) in [5, 5.41) is 8.40. The monoisotopic (exact) mass is 516 g/mol. The van der Waals surface area contributed by atoms with Crippen LogP contribution in [0.5, 0.6) is 11.5 Å². The Labute approximate surface area is 217 Å². The Bertz CT molecular complexity index is 1550. The zero-order valence-electron chi connectivity index (χ0n) is 20.5. The number of carbonyl (C=O) groups excluding carboxylic acids is 1. The molecule has 2 atom stereocenters. The molecule has 37 heavy (non-hydrogen) atoms. The third kappa shape index (κ3) is 5.17. The highest BCUT2D eigenvalue weighted by atomic mass is 32.1. The summed E-state index contributed by atoms with van der Waals surface area (Å²) in [6, 6.07) is 19.1. The van der Waals surface area contributed by atoms with Gasteiger partial charge in [0.15, 0.2) is 0 Å². The minimum atomic E-state index is -0.503. The van der Waals surface area contributed by atoms with Crippen LogP contribution in [0.15, 0.2) is 78.4 Å². The van der Waals surface area contributed by atoms with Gasteiger partial charge in [-0.3, -0.25) is 4.79 Å². The smallest absolute Gasteiger partial charge is 0.263 e. The van der Waals surface area contributed by atoms with Gasteiger partial charge in [-0.05, 0) is 74.0 Å². The van der Waals surface area contributed by atoms with Crippen molar-refractivity contribution in [3.05, 3.63) is 100 Å². The second-order valence-electron chi connectivity index (χ2n) is 8.60. The maximum Gasteiger partial charge on any atom is 0.263 e. The molecule has 0 aliphatic rings. The third-order valence-corrected chi connectivity index (χ3v) is 6.99. The molecule has 1 N–H and O–H groups in total. The SMILES string of the molecule is COc1cccc(C(Oc2ccc3c(cnn3-c3ccc(F)cc3)c2)C(C)NC(=O)c2scnc2C)c1. The van der Waals surface area contributed by atoms with Gasteiger partial charge in [0, 0.05) is 5.39 Å². The molecule has 0 saturated heterocycles. The number of fused-ring (bicyclic) bond motifs is 1. The van der Waals surface area contributed by atoms with Crippen molar-refractivity contribution in [2.45, 2.75) is 26.0 Å². The van der Waals surface area contributed by atoms with Crippen molar-refractivity contribution in [1.29, 1.82) is 0 Å². The fourth-order valence-electron chi connectivity index (χ4n) is 4.16. The van der Waals surface area contributed by atoms with Gasteiger partial charge in [-0.2, -0.15) is 5.10 Å². The fraction of sp³-hybridized carbons (Fsp3) is 0.179. The van der Waals surface area contributed by atoms with Crippen LogP contribution in [-0.4, -0.2) is 33.8 Å². The van der Waals surface area contributed by atoms with Crippen molar-refractivity contribution >= 4 is 28.1 Å². The van der Waals surface area contributed by atoms with E-state index in [2.05, 4.69) is 15.4 Å². The second kappa shape index (κ2) is 10.4. The molecule has 2 aromatic heterocycles. The van der Waals surface area contributed by atoms with Crippen LogP contribution in [0.3, 0.4) is 0 Å².